The molecule has 0 fully saturated rings. The van der Waals surface area contributed by atoms with E-state index in [2.05, 4.69) is 20.5 Å². The normalized spacial score (nSPS) is 10.6. The molecule has 0 aliphatic carbocycles. The van der Waals surface area contributed by atoms with Gasteiger partial charge in [0.05, 0.1) is 11.7 Å². The molecule has 2 N–H and O–H groups in total. The van der Waals surface area contributed by atoms with Crippen LogP contribution < -0.4 is 5.32 Å². The van der Waals surface area contributed by atoms with Crippen molar-refractivity contribution in [2.45, 2.75) is 6.92 Å². The third-order valence-electron chi connectivity index (χ3n) is 2.86. The van der Waals surface area contributed by atoms with Gasteiger partial charge in [0.2, 0.25) is 0 Å². The largest absolute Gasteiger partial charge is 0.307 e. The van der Waals surface area contributed by atoms with Gasteiger partial charge in [0.15, 0.2) is 0 Å². The average molecular weight is 252 g/mol. The van der Waals surface area contributed by atoms with Crippen molar-refractivity contribution in [2.24, 2.45) is 0 Å². The summed E-state index contributed by atoms with van der Waals surface area (Å²) >= 11 is 0. The zero-order valence-electron chi connectivity index (χ0n) is 10.3. The zero-order chi connectivity index (χ0) is 13.2. The summed E-state index contributed by atoms with van der Waals surface area (Å²) in [5.74, 6) is 0.363. The van der Waals surface area contributed by atoms with Crippen molar-refractivity contribution in [1.82, 2.24) is 15.2 Å². The Hall–Kier alpha value is -2.69. The standard InChI is InChI=1S/C14H12N4O/c1-9-2-5-13(15-7-9)17-14(19)10-3-4-12-11(6-10)8-16-18-12/h2-8H,1H3,(H,16,18)(H,15,17,19). The summed E-state index contributed by atoms with van der Waals surface area (Å²) in [6.07, 6.45) is 3.41. The number of anilines is 1. The van der Waals surface area contributed by atoms with Gasteiger partial charge in [-0.25, -0.2) is 4.98 Å². The molecular weight excluding hydrogens is 240 g/mol. The van der Waals surface area contributed by atoms with E-state index in [4.69, 9.17) is 0 Å². The maximum atomic E-state index is 12.1. The minimum Gasteiger partial charge on any atom is -0.307 e. The topological polar surface area (TPSA) is 70.7 Å². The Balaban J connectivity index is 1.84. The van der Waals surface area contributed by atoms with E-state index in [9.17, 15) is 4.79 Å². The van der Waals surface area contributed by atoms with E-state index >= 15 is 0 Å². The number of rotatable bonds is 2. The monoisotopic (exact) mass is 252 g/mol. The van der Waals surface area contributed by atoms with Crippen molar-refractivity contribution in [3.63, 3.8) is 0 Å². The van der Waals surface area contributed by atoms with Crippen LogP contribution in [0.25, 0.3) is 10.9 Å². The molecule has 0 aliphatic rings. The number of pyridine rings is 1. The second-order valence-corrected chi connectivity index (χ2v) is 4.35. The molecule has 5 heteroatoms. The molecule has 0 saturated carbocycles. The Kier molecular flexibility index (Phi) is 2.72. The van der Waals surface area contributed by atoms with Gasteiger partial charge in [-0.1, -0.05) is 6.07 Å². The third kappa shape index (κ3) is 2.30. The van der Waals surface area contributed by atoms with Crippen LogP contribution in [0.2, 0.25) is 0 Å². The molecule has 0 spiro atoms. The smallest absolute Gasteiger partial charge is 0.256 e. The number of carbonyl (C=O) groups excluding carboxylic acids is 1. The number of aromatic nitrogens is 3. The highest BCUT2D eigenvalue weighted by molar-refractivity contribution is 6.05. The van der Waals surface area contributed by atoms with Crippen molar-refractivity contribution in [3.8, 4) is 0 Å². The Morgan fingerprint density at radius 1 is 1.21 bits per heavy atom. The molecule has 0 saturated heterocycles. The van der Waals surface area contributed by atoms with Gasteiger partial charge in [0.1, 0.15) is 5.82 Å². The molecule has 0 radical (unpaired) electrons. The minimum atomic E-state index is -0.181. The first-order valence-electron chi connectivity index (χ1n) is 5.89. The van der Waals surface area contributed by atoms with Crippen molar-refractivity contribution in [2.75, 3.05) is 5.32 Å². The number of hydrogen-bond acceptors (Lipinski definition) is 3. The molecule has 0 bridgehead atoms. The van der Waals surface area contributed by atoms with Crippen LogP contribution in [0.3, 0.4) is 0 Å². The zero-order valence-corrected chi connectivity index (χ0v) is 10.3. The number of carbonyl (C=O) groups is 1. The van der Waals surface area contributed by atoms with Crippen molar-refractivity contribution in [3.05, 3.63) is 53.9 Å². The summed E-state index contributed by atoms with van der Waals surface area (Å²) < 4.78 is 0. The van der Waals surface area contributed by atoms with Crippen LogP contribution in [-0.2, 0) is 0 Å². The molecule has 5 nitrogen and oxygen atoms in total. The maximum Gasteiger partial charge on any atom is 0.256 e. The molecule has 19 heavy (non-hydrogen) atoms. The van der Waals surface area contributed by atoms with Gasteiger partial charge in [-0.15, -0.1) is 0 Å². The van der Waals surface area contributed by atoms with Gasteiger partial charge < -0.3 is 5.32 Å². The fraction of sp³-hybridized carbons (Fsp3) is 0.0714. The molecule has 3 aromatic rings. The number of benzene rings is 1. The van der Waals surface area contributed by atoms with E-state index in [0.29, 0.717) is 11.4 Å². The summed E-state index contributed by atoms with van der Waals surface area (Å²) in [7, 11) is 0. The Labute approximate surface area is 109 Å². The highest BCUT2D eigenvalue weighted by Crippen LogP contribution is 2.14. The van der Waals surface area contributed by atoms with Crippen molar-refractivity contribution < 1.29 is 4.79 Å². The van der Waals surface area contributed by atoms with Gasteiger partial charge in [0.25, 0.3) is 5.91 Å². The van der Waals surface area contributed by atoms with Crippen LogP contribution in [0.1, 0.15) is 15.9 Å². The Morgan fingerprint density at radius 2 is 2.11 bits per heavy atom. The third-order valence-corrected chi connectivity index (χ3v) is 2.86. The van der Waals surface area contributed by atoms with Crippen molar-refractivity contribution in [1.29, 1.82) is 0 Å². The first kappa shape index (κ1) is 11.4. The second-order valence-electron chi connectivity index (χ2n) is 4.35. The lowest BCUT2D eigenvalue weighted by Crippen LogP contribution is -2.12. The van der Waals surface area contributed by atoms with Crippen LogP contribution in [0.15, 0.2) is 42.7 Å². The van der Waals surface area contributed by atoms with E-state index in [1.165, 1.54) is 0 Å². The lowest BCUT2D eigenvalue weighted by atomic mass is 10.1. The van der Waals surface area contributed by atoms with Gasteiger partial charge in [-0.2, -0.15) is 5.10 Å². The highest BCUT2D eigenvalue weighted by Gasteiger charge is 2.08. The lowest BCUT2D eigenvalue weighted by molar-refractivity contribution is 0.102. The molecular formula is C14H12N4O. The number of hydrogen-bond donors (Lipinski definition) is 2. The van der Waals surface area contributed by atoms with Gasteiger partial charge in [0, 0.05) is 17.1 Å². The van der Waals surface area contributed by atoms with E-state index in [1.54, 1.807) is 30.6 Å². The minimum absolute atomic E-state index is 0.181. The highest BCUT2D eigenvalue weighted by atomic mass is 16.1. The maximum absolute atomic E-state index is 12.1. The van der Waals surface area contributed by atoms with Gasteiger partial charge >= 0.3 is 0 Å². The van der Waals surface area contributed by atoms with Crippen LogP contribution in [-0.4, -0.2) is 21.1 Å². The van der Waals surface area contributed by atoms with Gasteiger partial charge in [-0.05, 0) is 36.8 Å². The molecule has 94 valence electrons. The predicted octanol–water partition coefficient (Wildman–Crippen LogP) is 2.52. The number of nitrogens with one attached hydrogen (secondary N) is 2. The number of aryl methyl sites for hydroxylation is 1. The van der Waals surface area contributed by atoms with Crippen LogP contribution in [0, 0.1) is 6.92 Å². The molecule has 0 unspecified atom stereocenters. The van der Waals surface area contributed by atoms with Crippen LogP contribution in [0.5, 0.6) is 0 Å². The lowest BCUT2D eigenvalue weighted by Gasteiger charge is -2.04. The van der Waals surface area contributed by atoms with E-state index in [-0.39, 0.29) is 5.91 Å². The Morgan fingerprint density at radius 3 is 2.89 bits per heavy atom. The summed E-state index contributed by atoms with van der Waals surface area (Å²) in [6, 6.07) is 9.07. The fourth-order valence-corrected chi connectivity index (χ4v) is 1.81. The SMILES string of the molecule is Cc1ccc(NC(=O)c2ccc3[nH]ncc3c2)nc1. The molecule has 2 heterocycles. The van der Waals surface area contributed by atoms with Gasteiger partial charge in [-0.3, -0.25) is 9.89 Å². The number of fused-ring (bicyclic) bond motifs is 1. The van der Waals surface area contributed by atoms with E-state index in [0.717, 1.165) is 16.5 Å². The number of amides is 1. The quantitative estimate of drug-likeness (QED) is 0.736. The summed E-state index contributed by atoms with van der Waals surface area (Å²) in [5.41, 5.74) is 2.54. The first-order valence-corrected chi connectivity index (χ1v) is 5.89. The molecule has 0 atom stereocenters. The second kappa shape index (κ2) is 4.53. The van der Waals surface area contributed by atoms with E-state index < -0.39 is 0 Å². The van der Waals surface area contributed by atoms with Crippen LogP contribution in [0.4, 0.5) is 5.82 Å². The Bertz CT molecular complexity index is 731. The fourth-order valence-electron chi connectivity index (χ4n) is 1.81. The molecule has 1 amide bonds. The predicted molar refractivity (Wildman–Crippen MR) is 73.0 cm³/mol. The van der Waals surface area contributed by atoms with E-state index in [1.807, 2.05) is 19.1 Å². The van der Waals surface area contributed by atoms with Crippen molar-refractivity contribution >= 4 is 22.6 Å². The van der Waals surface area contributed by atoms with Crippen LogP contribution >= 0.6 is 0 Å². The number of aromatic amines is 1. The summed E-state index contributed by atoms with van der Waals surface area (Å²) in [4.78, 5) is 16.2. The average Bonchev–Trinajstić information content (AvgIpc) is 2.88. The molecule has 0 aliphatic heterocycles. The molecule has 1 aromatic carbocycles. The first-order chi connectivity index (χ1) is 9.22. The number of nitrogens with zero attached hydrogens (tertiary/aromatic N) is 2. The summed E-state index contributed by atoms with van der Waals surface area (Å²) in [6.45, 7) is 1.95. The number of H-pyrrole nitrogens is 1. The molecule has 3 rings (SSSR count). The molecule has 2 aromatic heterocycles. The summed E-state index contributed by atoms with van der Waals surface area (Å²) in [5, 5.41) is 10.4.